The van der Waals surface area contributed by atoms with Crippen LogP contribution < -0.4 is 5.32 Å². The first-order valence-electron chi connectivity index (χ1n) is 6.72. The lowest BCUT2D eigenvalue weighted by atomic mass is 10.0. The molecule has 4 nitrogen and oxygen atoms in total. The SMILES string of the molecule is CCCC(C#N)C(=O)Nc1cccc2ccc(C)nc12. The van der Waals surface area contributed by atoms with Gasteiger partial charge in [-0.1, -0.05) is 31.5 Å². The van der Waals surface area contributed by atoms with Crippen LogP contribution in [-0.4, -0.2) is 10.9 Å². The van der Waals surface area contributed by atoms with Crippen molar-refractivity contribution in [1.29, 1.82) is 5.26 Å². The maximum absolute atomic E-state index is 12.1. The fourth-order valence-corrected chi connectivity index (χ4v) is 2.11. The van der Waals surface area contributed by atoms with E-state index in [1.165, 1.54) is 0 Å². The maximum Gasteiger partial charge on any atom is 0.241 e. The molecule has 2 rings (SSSR count). The van der Waals surface area contributed by atoms with Crippen molar-refractivity contribution in [2.24, 2.45) is 5.92 Å². The van der Waals surface area contributed by atoms with E-state index in [0.29, 0.717) is 12.1 Å². The van der Waals surface area contributed by atoms with E-state index < -0.39 is 5.92 Å². The third kappa shape index (κ3) is 2.94. The lowest BCUT2D eigenvalue weighted by Crippen LogP contribution is -2.21. The molecule has 1 unspecified atom stereocenters. The second-order valence-corrected chi connectivity index (χ2v) is 4.79. The number of fused-ring (bicyclic) bond motifs is 1. The van der Waals surface area contributed by atoms with Gasteiger partial charge >= 0.3 is 0 Å². The first-order valence-corrected chi connectivity index (χ1v) is 6.72. The summed E-state index contributed by atoms with van der Waals surface area (Å²) in [5, 5.41) is 12.8. The van der Waals surface area contributed by atoms with Crippen LogP contribution in [0.15, 0.2) is 30.3 Å². The molecule has 1 N–H and O–H groups in total. The summed E-state index contributed by atoms with van der Waals surface area (Å²) in [6.45, 7) is 3.87. The Balaban J connectivity index is 2.32. The van der Waals surface area contributed by atoms with Gasteiger partial charge in [0, 0.05) is 11.1 Å². The van der Waals surface area contributed by atoms with Crippen molar-refractivity contribution in [3.63, 3.8) is 0 Å². The molecule has 0 aliphatic carbocycles. The molecule has 0 saturated heterocycles. The Kier molecular flexibility index (Phi) is 4.31. The van der Waals surface area contributed by atoms with Crippen molar-refractivity contribution in [2.45, 2.75) is 26.7 Å². The zero-order valence-electron chi connectivity index (χ0n) is 11.7. The van der Waals surface area contributed by atoms with Crippen molar-refractivity contribution < 1.29 is 4.79 Å². The fraction of sp³-hybridized carbons (Fsp3) is 0.312. The standard InChI is InChI=1S/C16H17N3O/c1-3-5-13(10-17)16(20)19-14-7-4-6-12-9-8-11(2)18-15(12)14/h4,6-9,13H,3,5H2,1-2H3,(H,19,20). The molecule has 1 aromatic carbocycles. The number of benzene rings is 1. The van der Waals surface area contributed by atoms with Gasteiger partial charge in [-0.3, -0.25) is 9.78 Å². The monoisotopic (exact) mass is 267 g/mol. The van der Waals surface area contributed by atoms with Gasteiger partial charge in [-0.2, -0.15) is 5.26 Å². The van der Waals surface area contributed by atoms with E-state index in [4.69, 9.17) is 5.26 Å². The van der Waals surface area contributed by atoms with Gasteiger partial charge in [-0.25, -0.2) is 0 Å². The predicted molar refractivity (Wildman–Crippen MR) is 79.1 cm³/mol. The third-order valence-corrected chi connectivity index (χ3v) is 3.17. The highest BCUT2D eigenvalue weighted by atomic mass is 16.1. The number of para-hydroxylation sites is 1. The smallest absolute Gasteiger partial charge is 0.241 e. The molecule has 0 spiro atoms. The summed E-state index contributed by atoms with van der Waals surface area (Å²) in [6, 6.07) is 11.6. The number of hydrogen-bond donors (Lipinski definition) is 1. The summed E-state index contributed by atoms with van der Waals surface area (Å²) in [5.74, 6) is -0.870. The van der Waals surface area contributed by atoms with Crippen LogP contribution >= 0.6 is 0 Å². The first-order chi connectivity index (χ1) is 9.65. The minimum absolute atomic E-state index is 0.259. The number of pyridine rings is 1. The first kappa shape index (κ1) is 14.0. The van der Waals surface area contributed by atoms with Gasteiger partial charge in [0.2, 0.25) is 5.91 Å². The van der Waals surface area contributed by atoms with Crippen molar-refractivity contribution >= 4 is 22.5 Å². The molecule has 0 saturated carbocycles. The Labute approximate surface area is 118 Å². The van der Waals surface area contributed by atoms with E-state index in [9.17, 15) is 4.79 Å². The van der Waals surface area contributed by atoms with Crippen molar-refractivity contribution in [3.05, 3.63) is 36.0 Å². The molecule has 0 bridgehead atoms. The van der Waals surface area contributed by atoms with E-state index in [0.717, 1.165) is 23.0 Å². The number of nitrogens with one attached hydrogen (secondary N) is 1. The van der Waals surface area contributed by atoms with Gasteiger partial charge in [0.25, 0.3) is 0 Å². The quantitative estimate of drug-likeness (QED) is 0.923. The Morgan fingerprint density at radius 1 is 1.40 bits per heavy atom. The van der Waals surface area contributed by atoms with Gasteiger partial charge in [0.1, 0.15) is 5.92 Å². The number of anilines is 1. The van der Waals surface area contributed by atoms with E-state index in [-0.39, 0.29) is 5.91 Å². The molecule has 0 aliphatic rings. The Hall–Kier alpha value is -2.41. The van der Waals surface area contributed by atoms with Crippen molar-refractivity contribution in [1.82, 2.24) is 4.98 Å². The number of aryl methyl sites for hydroxylation is 1. The van der Waals surface area contributed by atoms with Gasteiger partial charge in [-0.15, -0.1) is 0 Å². The Morgan fingerprint density at radius 2 is 2.20 bits per heavy atom. The summed E-state index contributed by atoms with van der Waals surface area (Å²) >= 11 is 0. The number of nitrogens with zero attached hydrogens (tertiary/aromatic N) is 2. The zero-order valence-corrected chi connectivity index (χ0v) is 11.7. The molecule has 102 valence electrons. The molecule has 1 heterocycles. The Bertz CT molecular complexity index is 673. The molecular formula is C16H17N3O. The van der Waals surface area contributed by atoms with Gasteiger partial charge in [-0.05, 0) is 25.5 Å². The van der Waals surface area contributed by atoms with Crippen LogP contribution in [0.2, 0.25) is 0 Å². The molecule has 2 aromatic rings. The number of aromatic nitrogens is 1. The van der Waals surface area contributed by atoms with Crippen LogP contribution in [0, 0.1) is 24.2 Å². The number of rotatable bonds is 4. The highest BCUT2D eigenvalue weighted by Gasteiger charge is 2.17. The third-order valence-electron chi connectivity index (χ3n) is 3.17. The van der Waals surface area contributed by atoms with Crippen LogP contribution in [-0.2, 0) is 4.79 Å². The lowest BCUT2D eigenvalue weighted by molar-refractivity contribution is -0.118. The predicted octanol–water partition coefficient (Wildman–Crippen LogP) is 3.42. The molecule has 1 atom stereocenters. The second kappa shape index (κ2) is 6.16. The summed E-state index contributed by atoms with van der Waals surface area (Å²) < 4.78 is 0. The molecule has 4 heteroatoms. The Morgan fingerprint density at radius 3 is 2.90 bits per heavy atom. The molecule has 1 aromatic heterocycles. The van der Waals surface area contributed by atoms with Gasteiger partial charge in [0.05, 0.1) is 17.3 Å². The van der Waals surface area contributed by atoms with E-state index in [2.05, 4.69) is 10.3 Å². The number of nitriles is 1. The lowest BCUT2D eigenvalue weighted by Gasteiger charge is -2.11. The van der Waals surface area contributed by atoms with Crippen molar-refractivity contribution in [2.75, 3.05) is 5.32 Å². The van der Waals surface area contributed by atoms with Crippen LogP contribution in [0.1, 0.15) is 25.5 Å². The average Bonchev–Trinajstić information content (AvgIpc) is 2.45. The topological polar surface area (TPSA) is 65.8 Å². The average molecular weight is 267 g/mol. The van der Waals surface area contributed by atoms with Crippen LogP contribution in [0.3, 0.4) is 0 Å². The molecule has 0 aliphatic heterocycles. The second-order valence-electron chi connectivity index (χ2n) is 4.79. The number of carbonyl (C=O) groups excluding carboxylic acids is 1. The summed E-state index contributed by atoms with van der Waals surface area (Å²) in [6.07, 6.45) is 1.37. The summed E-state index contributed by atoms with van der Waals surface area (Å²) in [4.78, 5) is 16.6. The van der Waals surface area contributed by atoms with E-state index >= 15 is 0 Å². The highest BCUT2D eigenvalue weighted by Crippen LogP contribution is 2.22. The van der Waals surface area contributed by atoms with Crippen LogP contribution in [0.25, 0.3) is 10.9 Å². The fourth-order valence-electron chi connectivity index (χ4n) is 2.11. The van der Waals surface area contributed by atoms with E-state index in [1.54, 1.807) is 0 Å². The van der Waals surface area contributed by atoms with E-state index in [1.807, 2.05) is 50.2 Å². The number of amides is 1. The molecule has 20 heavy (non-hydrogen) atoms. The minimum atomic E-state index is -0.611. The van der Waals surface area contributed by atoms with Gasteiger partial charge < -0.3 is 5.32 Å². The molecule has 1 amide bonds. The molecular weight excluding hydrogens is 250 g/mol. The zero-order chi connectivity index (χ0) is 14.5. The summed E-state index contributed by atoms with van der Waals surface area (Å²) in [7, 11) is 0. The van der Waals surface area contributed by atoms with Gasteiger partial charge in [0.15, 0.2) is 0 Å². The van der Waals surface area contributed by atoms with Crippen LogP contribution in [0.4, 0.5) is 5.69 Å². The molecule has 0 fully saturated rings. The highest BCUT2D eigenvalue weighted by molar-refractivity contribution is 6.01. The number of carbonyl (C=O) groups is 1. The largest absolute Gasteiger partial charge is 0.323 e. The normalized spacial score (nSPS) is 11.8. The maximum atomic E-state index is 12.1. The number of hydrogen-bond acceptors (Lipinski definition) is 3. The summed E-state index contributed by atoms with van der Waals surface area (Å²) in [5.41, 5.74) is 2.31. The molecule has 0 radical (unpaired) electrons. The van der Waals surface area contributed by atoms with Crippen molar-refractivity contribution in [3.8, 4) is 6.07 Å². The van der Waals surface area contributed by atoms with Crippen LogP contribution in [0.5, 0.6) is 0 Å². The minimum Gasteiger partial charge on any atom is -0.323 e.